The molecule has 5 nitrogen and oxygen atoms in total. The zero-order chi connectivity index (χ0) is 12.4. The van der Waals surface area contributed by atoms with Crippen molar-refractivity contribution in [3.8, 4) is 22.8 Å². The van der Waals surface area contributed by atoms with Crippen LogP contribution >= 0.6 is 0 Å². The van der Waals surface area contributed by atoms with E-state index >= 15 is 0 Å². The largest absolute Gasteiger partial charge is 0.399 e. The number of benzene rings is 1. The van der Waals surface area contributed by atoms with Crippen molar-refractivity contribution in [2.75, 3.05) is 5.73 Å². The van der Waals surface area contributed by atoms with Gasteiger partial charge in [0, 0.05) is 29.2 Å². The second-order valence-electron chi connectivity index (χ2n) is 3.78. The summed E-state index contributed by atoms with van der Waals surface area (Å²) in [5.74, 6) is 1.02. The van der Waals surface area contributed by atoms with Gasteiger partial charge in [-0.25, -0.2) is 0 Å². The highest BCUT2D eigenvalue weighted by Gasteiger charge is 2.09. The van der Waals surface area contributed by atoms with E-state index in [1.54, 1.807) is 24.5 Å². The van der Waals surface area contributed by atoms with E-state index in [1.165, 1.54) is 0 Å². The van der Waals surface area contributed by atoms with Gasteiger partial charge >= 0.3 is 0 Å². The van der Waals surface area contributed by atoms with Crippen LogP contribution in [0, 0.1) is 0 Å². The highest BCUT2D eigenvalue weighted by molar-refractivity contribution is 5.60. The molecule has 5 heteroatoms. The Kier molecular flexibility index (Phi) is 2.49. The van der Waals surface area contributed by atoms with Crippen molar-refractivity contribution in [3.63, 3.8) is 0 Å². The molecule has 0 radical (unpaired) electrons. The number of rotatable bonds is 2. The minimum absolute atomic E-state index is 0.474. The lowest BCUT2D eigenvalue weighted by Crippen LogP contribution is -1.84. The minimum Gasteiger partial charge on any atom is -0.399 e. The fourth-order valence-corrected chi connectivity index (χ4v) is 1.58. The molecule has 2 aromatic heterocycles. The van der Waals surface area contributed by atoms with Gasteiger partial charge in [-0.15, -0.1) is 0 Å². The average molecular weight is 238 g/mol. The summed E-state index contributed by atoms with van der Waals surface area (Å²) < 4.78 is 5.22. The summed E-state index contributed by atoms with van der Waals surface area (Å²) in [6, 6.07) is 10.9. The Labute approximate surface area is 103 Å². The standard InChI is InChI=1S/C13H10N4O/c14-11-3-1-10(2-4-11)13-16-12(17-18-13)9-5-7-15-8-6-9/h1-8H,14H2. The molecule has 3 rings (SSSR count). The van der Waals surface area contributed by atoms with Gasteiger partial charge in [-0.2, -0.15) is 4.98 Å². The molecule has 0 atom stereocenters. The summed E-state index contributed by atoms with van der Waals surface area (Å²) in [4.78, 5) is 8.28. The molecule has 0 spiro atoms. The predicted molar refractivity (Wildman–Crippen MR) is 67.4 cm³/mol. The molecule has 0 bridgehead atoms. The SMILES string of the molecule is Nc1ccc(-c2nc(-c3ccncc3)no2)cc1. The third-order valence-electron chi connectivity index (χ3n) is 2.52. The Balaban J connectivity index is 1.97. The lowest BCUT2D eigenvalue weighted by molar-refractivity contribution is 0.432. The van der Waals surface area contributed by atoms with E-state index in [9.17, 15) is 0 Å². The van der Waals surface area contributed by atoms with Crippen molar-refractivity contribution in [3.05, 3.63) is 48.8 Å². The molecule has 0 fully saturated rings. The quantitative estimate of drug-likeness (QED) is 0.693. The van der Waals surface area contributed by atoms with Crippen molar-refractivity contribution in [2.24, 2.45) is 0 Å². The topological polar surface area (TPSA) is 77.8 Å². The highest BCUT2D eigenvalue weighted by atomic mass is 16.5. The van der Waals surface area contributed by atoms with Gasteiger partial charge in [0.1, 0.15) is 0 Å². The molecule has 18 heavy (non-hydrogen) atoms. The molecule has 2 heterocycles. The maximum absolute atomic E-state index is 5.63. The molecule has 0 unspecified atom stereocenters. The molecule has 88 valence electrons. The lowest BCUT2D eigenvalue weighted by atomic mass is 10.2. The van der Waals surface area contributed by atoms with Crippen LogP contribution in [0.15, 0.2) is 53.3 Å². The molecule has 0 saturated carbocycles. The van der Waals surface area contributed by atoms with Gasteiger partial charge in [-0.05, 0) is 36.4 Å². The number of hydrogen-bond acceptors (Lipinski definition) is 5. The van der Waals surface area contributed by atoms with E-state index < -0.39 is 0 Å². The first-order valence-corrected chi connectivity index (χ1v) is 5.43. The molecular formula is C13H10N4O. The van der Waals surface area contributed by atoms with Crippen LogP contribution in [0.5, 0.6) is 0 Å². The Hall–Kier alpha value is -2.69. The summed E-state index contributed by atoms with van der Waals surface area (Å²) in [7, 11) is 0. The van der Waals surface area contributed by atoms with Gasteiger partial charge in [0.2, 0.25) is 5.82 Å². The first kappa shape index (κ1) is 10.5. The van der Waals surface area contributed by atoms with Gasteiger partial charge in [0.15, 0.2) is 0 Å². The van der Waals surface area contributed by atoms with Gasteiger partial charge in [-0.3, -0.25) is 4.98 Å². The molecule has 2 N–H and O–H groups in total. The zero-order valence-corrected chi connectivity index (χ0v) is 9.45. The third-order valence-corrected chi connectivity index (χ3v) is 2.52. The number of hydrogen-bond donors (Lipinski definition) is 1. The molecular weight excluding hydrogens is 228 g/mol. The highest BCUT2D eigenvalue weighted by Crippen LogP contribution is 2.22. The van der Waals surface area contributed by atoms with E-state index in [0.29, 0.717) is 17.4 Å². The van der Waals surface area contributed by atoms with E-state index in [-0.39, 0.29) is 0 Å². The molecule has 0 aliphatic heterocycles. The summed E-state index contributed by atoms with van der Waals surface area (Å²) in [6.07, 6.45) is 3.38. The van der Waals surface area contributed by atoms with Crippen molar-refractivity contribution < 1.29 is 4.52 Å². The van der Waals surface area contributed by atoms with Gasteiger partial charge in [0.05, 0.1) is 0 Å². The normalized spacial score (nSPS) is 10.4. The molecule has 0 aliphatic rings. The van der Waals surface area contributed by atoms with Crippen LogP contribution in [0.25, 0.3) is 22.8 Å². The van der Waals surface area contributed by atoms with Crippen LogP contribution in [-0.2, 0) is 0 Å². The van der Waals surface area contributed by atoms with Crippen LogP contribution in [0.2, 0.25) is 0 Å². The van der Waals surface area contributed by atoms with E-state index in [0.717, 1.165) is 11.1 Å². The van der Waals surface area contributed by atoms with E-state index in [2.05, 4.69) is 15.1 Å². The summed E-state index contributed by atoms with van der Waals surface area (Å²) in [5.41, 5.74) is 8.04. The maximum atomic E-state index is 5.63. The predicted octanol–water partition coefficient (Wildman–Crippen LogP) is 2.38. The van der Waals surface area contributed by atoms with Crippen molar-refractivity contribution in [1.82, 2.24) is 15.1 Å². The molecule has 3 aromatic rings. The lowest BCUT2D eigenvalue weighted by Gasteiger charge is -1.94. The zero-order valence-electron chi connectivity index (χ0n) is 9.45. The number of nitrogens with two attached hydrogens (primary N) is 1. The molecule has 0 amide bonds. The van der Waals surface area contributed by atoms with E-state index in [4.69, 9.17) is 10.3 Å². The number of aromatic nitrogens is 3. The Bertz CT molecular complexity index is 646. The summed E-state index contributed by atoms with van der Waals surface area (Å²) in [6.45, 7) is 0. The first-order valence-electron chi connectivity index (χ1n) is 5.43. The van der Waals surface area contributed by atoms with Crippen LogP contribution in [-0.4, -0.2) is 15.1 Å². The van der Waals surface area contributed by atoms with Crippen LogP contribution < -0.4 is 5.73 Å². The van der Waals surface area contributed by atoms with Gasteiger partial charge in [-0.1, -0.05) is 5.16 Å². The molecule has 0 aliphatic carbocycles. The smallest absolute Gasteiger partial charge is 0.258 e. The molecule has 1 aromatic carbocycles. The Morgan fingerprint density at radius 2 is 1.61 bits per heavy atom. The minimum atomic E-state index is 0.474. The van der Waals surface area contributed by atoms with Crippen molar-refractivity contribution >= 4 is 5.69 Å². The fraction of sp³-hybridized carbons (Fsp3) is 0. The van der Waals surface area contributed by atoms with Crippen LogP contribution in [0.1, 0.15) is 0 Å². The Morgan fingerprint density at radius 3 is 2.33 bits per heavy atom. The molecule has 0 saturated heterocycles. The maximum Gasteiger partial charge on any atom is 0.258 e. The number of nitrogens with zero attached hydrogens (tertiary/aromatic N) is 3. The van der Waals surface area contributed by atoms with Crippen LogP contribution in [0.3, 0.4) is 0 Å². The summed E-state index contributed by atoms with van der Waals surface area (Å²) >= 11 is 0. The number of nitrogen functional groups attached to an aromatic ring is 1. The fourth-order valence-electron chi connectivity index (χ4n) is 1.58. The Morgan fingerprint density at radius 1 is 0.889 bits per heavy atom. The second kappa shape index (κ2) is 4.29. The first-order chi connectivity index (χ1) is 8.83. The van der Waals surface area contributed by atoms with Gasteiger partial charge in [0.25, 0.3) is 5.89 Å². The third kappa shape index (κ3) is 1.93. The van der Waals surface area contributed by atoms with E-state index in [1.807, 2.05) is 24.3 Å². The second-order valence-corrected chi connectivity index (χ2v) is 3.78. The monoisotopic (exact) mass is 238 g/mol. The van der Waals surface area contributed by atoms with Crippen LogP contribution in [0.4, 0.5) is 5.69 Å². The number of anilines is 1. The average Bonchev–Trinajstić information content (AvgIpc) is 2.90. The number of pyridine rings is 1. The summed E-state index contributed by atoms with van der Waals surface area (Å²) in [5, 5.41) is 3.94. The van der Waals surface area contributed by atoms with Crippen molar-refractivity contribution in [2.45, 2.75) is 0 Å². The van der Waals surface area contributed by atoms with Crippen molar-refractivity contribution in [1.29, 1.82) is 0 Å². The van der Waals surface area contributed by atoms with Gasteiger partial charge < -0.3 is 10.3 Å².